The molecule has 0 aliphatic rings. The minimum absolute atomic E-state index is 0.276. The molecule has 3 heteroatoms. The van der Waals surface area contributed by atoms with Gasteiger partial charge in [0.2, 0.25) is 0 Å². The van der Waals surface area contributed by atoms with Gasteiger partial charge in [-0.05, 0) is 31.0 Å². The van der Waals surface area contributed by atoms with Crippen molar-refractivity contribution < 1.29 is 9.47 Å². The predicted octanol–water partition coefficient (Wildman–Crippen LogP) is 4.57. The maximum absolute atomic E-state index is 5.59. The van der Waals surface area contributed by atoms with Crippen LogP contribution in [-0.2, 0) is 0 Å². The summed E-state index contributed by atoms with van der Waals surface area (Å²) in [6, 6.07) is 6.30. The van der Waals surface area contributed by atoms with Crippen LogP contribution in [0.25, 0.3) is 0 Å². The maximum Gasteiger partial charge on any atom is 0.127 e. The number of ether oxygens (including phenoxy) is 2. The summed E-state index contributed by atoms with van der Waals surface area (Å²) >= 11 is 0. The van der Waals surface area contributed by atoms with Crippen molar-refractivity contribution in [1.82, 2.24) is 5.32 Å². The number of unbranched alkanes of at least 4 members (excludes halogenated alkanes) is 1. The molecule has 2 unspecified atom stereocenters. The molecule has 0 aromatic heterocycles. The van der Waals surface area contributed by atoms with Gasteiger partial charge in [0.05, 0.1) is 19.8 Å². The smallest absolute Gasteiger partial charge is 0.127 e. The summed E-state index contributed by atoms with van der Waals surface area (Å²) in [6.07, 6.45) is 4.88. The second-order valence-corrected chi connectivity index (χ2v) is 5.42. The number of hydrogen-bond acceptors (Lipinski definition) is 3. The van der Waals surface area contributed by atoms with E-state index in [1.54, 1.807) is 14.2 Å². The van der Waals surface area contributed by atoms with Gasteiger partial charge in [-0.15, -0.1) is 0 Å². The third-order valence-electron chi connectivity index (χ3n) is 4.13. The Morgan fingerprint density at radius 3 is 2.10 bits per heavy atom. The summed E-state index contributed by atoms with van der Waals surface area (Å²) in [5.41, 5.74) is 1.16. The highest BCUT2D eigenvalue weighted by molar-refractivity contribution is 5.47. The SMILES string of the molecule is CCCCC(CC)C(NCC)c1c(OC)cccc1OC. The van der Waals surface area contributed by atoms with E-state index in [2.05, 4.69) is 26.1 Å². The molecule has 0 fully saturated rings. The van der Waals surface area contributed by atoms with Gasteiger partial charge < -0.3 is 14.8 Å². The molecule has 120 valence electrons. The zero-order valence-electron chi connectivity index (χ0n) is 14.2. The van der Waals surface area contributed by atoms with Crippen molar-refractivity contribution in [2.45, 2.75) is 52.5 Å². The Morgan fingerprint density at radius 2 is 1.67 bits per heavy atom. The Morgan fingerprint density at radius 1 is 1.05 bits per heavy atom. The van der Waals surface area contributed by atoms with E-state index in [4.69, 9.17) is 9.47 Å². The molecule has 0 heterocycles. The Hall–Kier alpha value is -1.22. The standard InChI is InChI=1S/C18H31NO2/c1-6-9-11-14(7-2)18(19-8-3)17-15(20-4)12-10-13-16(17)21-5/h10,12-14,18-19H,6-9,11H2,1-5H3. The number of benzene rings is 1. The first kappa shape index (κ1) is 17.8. The fourth-order valence-electron chi connectivity index (χ4n) is 2.98. The molecule has 1 aromatic rings. The van der Waals surface area contributed by atoms with E-state index in [1.165, 1.54) is 19.3 Å². The lowest BCUT2D eigenvalue weighted by Gasteiger charge is -2.30. The summed E-state index contributed by atoms with van der Waals surface area (Å²) in [7, 11) is 3.46. The van der Waals surface area contributed by atoms with Crippen molar-refractivity contribution in [3.8, 4) is 11.5 Å². The molecule has 0 saturated heterocycles. The van der Waals surface area contributed by atoms with Crippen molar-refractivity contribution in [3.63, 3.8) is 0 Å². The van der Waals surface area contributed by atoms with Gasteiger partial charge in [0.25, 0.3) is 0 Å². The Balaban J connectivity index is 3.19. The molecule has 0 aliphatic carbocycles. The van der Waals surface area contributed by atoms with E-state index in [0.717, 1.165) is 30.0 Å². The van der Waals surface area contributed by atoms with Gasteiger partial charge in [-0.3, -0.25) is 0 Å². The van der Waals surface area contributed by atoms with Crippen LogP contribution in [0.1, 0.15) is 58.1 Å². The highest BCUT2D eigenvalue weighted by Crippen LogP contribution is 2.40. The lowest BCUT2D eigenvalue weighted by atomic mass is 9.86. The van der Waals surface area contributed by atoms with Crippen LogP contribution in [0.4, 0.5) is 0 Å². The second kappa shape index (κ2) is 9.67. The molecule has 0 aliphatic heterocycles. The van der Waals surface area contributed by atoms with Gasteiger partial charge in [0, 0.05) is 6.04 Å². The molecule has 0 saturated carbocycles. The Labute approximate surface area is 130 Å². The minimum atomic E-state index is 0.276. The molecular weight excluding hydrogens is 262 g/mol. The van der Waals surface area contributed by atoms with Gasteiger partial charge >= 0.3 is 0 Å². The molecular formula is C18H31NO2. The molecule has 21 heavy (non-hydrogen) atoms. The van der Waals surface area contributed by atoms with E-state index in [1.807, 2.05) is 18.2 Å². The summed E-state index contributed by atoms with van der Waals surface area (Å²) in [4.78, 5) is 0. The molecule has 1 N–H and O–H groups in total. The first-order valence-corrected chi connectivity index (χ1v) is 8.17. The molecule has 0 bridgehead atoms. The largest absolute Gasteiger partial charge is 0.496 e. The first-order chi connectivity index (χ1) is 10.2. The van der Waals surface area contributed by atoms with E-state index in [-0.39, 0.29) is 6.04 Å². The maximum atomic E-state index is 5.59. The third kappa shape index (κ3) is 4.63. The second-order valence-electron chi connectivity index (χ2n) is 5.42. The Kier molecular flexibility index (Phi) is 8.21. The molecule has 1 rings (SSSR count). The normalized spacial score (nSPS) is 13.8. The van der Waals surface area contributed by atoms with Gasteiger partial charge in [0.15, 0.2) is 0 Å². The fourth-order valence-corrected chi connectivity index (χ4v) is 2.98. The van der Waals surface area contributed by atoms with E-state index in [0.29, 0.717) is 5.92 Å². The van der Waals surface area contributed by atoms with E-state index >= 15 is 0 Å². The van der Waals surface area contributed by atoms with Crippen LogP contribution in [0.5, 0.6) is 11.5 Å². The molecule has 3 nitrogen and oxygen atoms in total. The number of nitrogens with one attached hydrogen (secondary N) is 1. The minimum Gasteiger partial charge on any atom is -0.496 e. The average Bonchev–Trinajstić information content (AvgIpc) is 2.53. The fraction of sp³-hybridized carbons (Fsp3) is 0.667. The van der Waals surface area contributed by atoms with Crippen molar-refractivity contribution in [2.75, 3.05) is 20.8 Å². The van der Waals surface area contributed by atoms with Crippen molar-refractivity contribution in [3.05, 3.63) is 23.8 Å². The summed E-state index contributed by atoms with van der Waals surface area (Å²) in [5, 5.41) is 3.65. The summed E-state index contributed by atoms with van der Waals surface area (Å²) in [5.74, 6) is 2.42. The van der Waals surface area contributed by atoms with Gasteiger partial charge in [0.1, 0.15) is 11.5 Å². The zero-order valence-corrected chi connectivity index (χ0v) is 14.2. The van der Waals surface area contributed by atoms with Crippen molar-refractivity contribution in [2.24, 2.45) is 5.92 Å². The lowest BCUT2D eigenvalue weighted by molar-refractivity contribution is 0.302. The number of rotatable bonds is 10. The monoisotopic (exact) mass is 293 g/mol. The lowest BCUT2D eigenvalue weighted by Crippen LogP contribution is -2.29. The van der Waals surface area contributed by atoms with Crippen molar-refractivity contribution >= 4 is 0 Å². The third-order valence-corrected chi connectivity index (χ3v) is 4.13. The molecule has 2 atom stereocenters. The van der Waals surface area contributed by atoms with Crippen LogP contribution in [0.3, 0.4) is 0 Å². The number of methoxy groups -OCH3 is 2. The van der Waals surface area contributed by atoms with Crippen molar-refractivity contribution in [1.29, 1.82) is 0 Å². The predicted molar refractivity (Wildman–Crippen MR) is 89.3 cm³/mol. The summed E-state index contributed by atoms with van der Waals surface area (Å²) < 4.78 is 11.2. The Bertz CT molecular complexity index is 384. The molecule has 0 spiro atoms. The molecule has 0 radical (unpaired) electrons. The first-order valence-electron chi connectivity index (χ1n) is 8.17. The van der Waals surface area contributed by atoms with Crippen LogP contribution < -0.4 is 14.8 Å². The molecule has 0 amide bonds. The summed E-state index contributed by atoms with van der Waals surface area (Å²) in [6.45, 7) is 7.61. The van der Waals surface area contributed by atoms with Gasteiger partial charge in [-0.1, -0.05) is 46.1 Å². The van der Waals surface area contributed by atoms with Crippen LogP contribution in [0.2, 0.25) is 0 Å². The van der Waals surface area contributed by atoms with E-state index < -0.39 is 0 Å². The van der Waals surface area contributed by atoms with Gasteiger partial charge in [-0.25, -0.2) is 0 Å². The topological polar surface area (TPSA) is 30.5 Å². The van der Waals surface area contributed by atoms with Crippen LogP contribution in [-0.4, -0.2) is 20.8 Å². The number of hydrogen-bond donors (Lipinski definition) is 1. The van der Waals surface area contributed by atoms with Crippen LogP contribution in [0.15, 0.2) is 18.2 Å². The van der Waals surface area contributed by atoms with E-state index in [9.17, 15) is 0 Å². The average molecular weight is 293 g/mol. The van der Waals surface area contributed by atoms with Gasteiger partial charge in [-0.2, -0.15) is 0 Å². The molecule has 1 aromatic carbocycles. The highest BCUT2D eigenvalue weighted by atomic mass is 16.5. The van der Waals surface area contributed by atoms with Crippen LogP contribution >= 0.6 is 0 Å². The quantitative estimate of drug-likeness (QED) is 0.685. The highest BCUT2D eigenvalue weighted by Gasteiger charge is 2.26. The zero-order chi connectivity index (χ0) is 15.7. The van der Waals surface area contributed by atoms with Crippen LogP contribution in [0, 0.1) is 5.92 Å².